The average molecular weight is 283 g/mol. The second-order valence-corrected chi connectivity index (χ2v) is 4.69. The van der Waals surface area contributed by atoms with Gasteiger partial charge in [0.2, 0.25) is 11.8 Å². The van der Waals surface area contributed by atoms with Gasteiger partial charge in [0.05, 0.1) is 0 Å². The molecule has 1 aromatic rings. The molecule has 0 spiro atoms. The Morgan fingerprint density at radius 2 is 1.84 bits per heavy atom. The first-order chi connectivity index (χ1) is 9.09. The summed E-state index contributed by atoms with van der Waals surface area (Å²) in [5.41, 5.74) is 0.984. The molecule has 0 radical (unpaired) electrons. The summed E-state index contributed by atoms with van der Waals surface area (Å²) < 4.78 is 0. The Kier molecular flexibility index (Phi) is 6.97. The van der Waals surface area contributed by atoms with E-state index in [9.17, 15) is 9.59 Å². The van der Waals surface area contributed by atoms with Crippen LogP contribution in [0.5, 0.6) is 0 Å². The predicted molar refractivity (Wildman–Crippen MR) is 76.1 cm³/mol. The second kappa shape index (κ2) is 8.53. The van der Waals surface area contributed by atoms with Crippen molar-refractivity contribution < 1.29 is 9.59 Å². The number of aryl methyl sites for hydroxylation is 1. The van der Waals surface area contributed by atoms with Crippen LogP contribution in [0.15, 0.2) is 24.3 Å². The Morgan fingerprint density at radius 1 is 1.16 bits per heavy atom. The number of amides is 2. The molecular weight excluding hydrogens is 264 g/mol. The summed E-state index contributed by atoms with van der Waals surface area (Å²) in [6.45, 7) is 2.63. The first kappa shape index (κ1) is 15.5. The Morgan fingerprint density at radius 3 is 2.53 bits per heavy atom. The number of hydrogen-bond donors (Lipinski definition) is 2. The molecule has 104 valence electrons. The number of benzene rings is 1. The molecular formula is C14H19ClN2O2. The van der Waals surface area contributed by atoms with Crippen LogP contribution < -0.4 is 10.6 Å². The van der Waals surface area contributed by atoms with Crippen LogP contribution in [0.3, 0.4) is 0 Å². The number of halogens is 1. The van der Waals surface area contributed by atoms with Gasteiger partial charge in [-0.1, -0.05) is 29.8 Å². The summed E-state index contributed by atoms with van der Waals surface area (Å²) in [6.07, 6.45) is 1.79. The molecule has 0 heterocycles. The standard InChI is InChI=1S/C14H19ClN2O2/c1-11(18)16-9-4-10-17-14(19)8-7-12-5-2-3-6-13(12)15/h2-3,5-6H,4,7-10H2,1H3,(H,16,18)(H,17,19). The molecule has 0 aromatic heterocycles. The van der Waals surface area contributed by atoms with E-state index < -0.39 is 0 Å². The third-order valence-electron chi connectivity index (χ3n) is 2.63. The Balaban J connectivity index is 2.15. The monoisotopic (exact) mass is 282 g/mol. The minimum atomic E-state index is -0.0509. The highest BCUT2D eigenvalue weighted by molar-refractivity contribution is 6.31. The van der Waals surface area contributed by atoms with Crippen molar-refractivity contribution in [3.05, 3.63) is 34.9 Å². The summed E-state index contributed by atoms with van der Waals surface area (Å²) in [5.74, 6) is -0.0483. The van der Waals surface area contributed by atoms with Crippen molar-refractivity contribution in [3.63, 3.8) is 0 Å². The van der Waals surface area contributed by atoms with E-state index in [1.54, 1.807) is 0 Å². The predicted octanol–water partition coefficient (Wildman–Crippen LogP) is 1.91. The summed E-state index contributed by atoms with van der Waals surface area (Å²) in [7, 11) is 0. The maximum atomic E-state index is 11.6. The lowest BCUT2D eigenvalue weighted by Gasteiger charge is -2.06. The molecule has 0 aliphatic carbocycles. The van der Waals surface area contributed by atoms with Crippen LogP contribution >= 0.6 is 11.6 Å². The molecule has 0 saturated carbocycles. The van der Waals surface area contributed by atoms with E-state index in [0.717, 1.165) is 12.0 Å². The van der Waals surface area contributed by atoms with Crippen LogP contribution in [0.4, 0.5) is 0 Å². The van der Waals surface area contributed by atoms with Gasteiger partial charge in [-0.3, -0.25) is 9.59 Å². The Hall–Kier alpha value is -1.55. The van der Waals surface area contributed by atoms with Gasteiger partial charge < -0.3 is 10.6 Å². The van der Waals surface area contributed by atoms with Crippen molar-refractivity contribution in [1.82, 2.24) is 10.6 Å². The Labute approximate surface area is 118 Å². The highest BCUT2D eigenvalue weighted by atomic mass is 35.5. The van der Waals surface area contributed by atoms with Crippen LogP contribution in [-0.4, -0.2) is 24.9 Å². The van der Waals surface area contributed by atoms with E-state index in [2.05, 4.69) is 10.6 Å². The maximum Gasteiger partial charge on any atom is 0.220 e. The Bertz CT molecular complexity index is 435. The lowest BCUT2D eigenvalue weighted by atomic mass is 10.1. The molecule has 0 unspecified atom stereocenters. The lowest BCUT2D eigenvalue weighted by Crippen LogP contribution is -2.28. The third kappa shape index (κ3) is 6.82. The first-order valence-electron chi connectivity index (χ1n) is 6.34. The van der Waals surface area contributed by atoms with Gasteiger partial charge in [0, 0.05) is 31.5 Å². The molecule has 2 N–H and O–H groups in total. The van der Waals surface area contributed by atoms with Crippen molar-refractivity contribution in [2.75, 3.05) is 13.1 Å². The topological polar surface area (TPSA) is 58.2 Å². The number of carbonyl (C=O) groups excluding carboxylic acids is 2. The number of carbonyl (C=O) groups is 2. The molecule has 2 amide bonds. The van der Waals surface area contributed by atoms with E-state index in [4.69, 9.17) is 11.6 Å². The summed E-state index contributed by atoms with van der Waals surface area (Å²) in [5, 5.41) is 6.19. The van der Waals surface area contributed by atoms with Gasteiger partial charge in [-0.2, -0.15) is 0 Å². The quantitative estimate of drug-likeness (QED) is 0.751. The van der Waals surface area contributed by atoms with Gasteiger partial charge >= 0.3 is 0 Å². The van der Waals surface area contributed by atoms with Gasteiger partial charge in [-0.25, -0.2) is 0 Å². The molecule has 19 heavy (non-hydrogen) atoms. The van der Waals surface area contributed by atoms with Crippen molar-refractivity contribution in [1.29, 1.82) is 0 Å². The second-order valence-electron chi connectivity index (χ2n) is 4.28. The fourth-order valence-electron chi connectivity index (χ4n) is 1.62. The molecule has 1 rings (SSSR count). The fourth-order valence-corrected chi connectivity index (χ4v) is 1.85. The fraction of sp³-hybridized carbons (Fsp3) is 0.429. The first-order valence-corrected chi connectivity index (χ1v) is 6.72. The zero-order valence-corrected chi connectivity index (χ0v) is 11.8. The SMILES string of the molecule is CC(=O)NCCCNC(=O)CCc1ccccc1Cl. The van der Waals surface area contributed by atoms with Gasteiger partial charge in [0.1, 0.15) is 0 Å². The molecule has 0 bridgehead atoms. The zero-order valence-electron chi connectivity index (χ0n) is 11.0. The summed E-state index contributed by atoms with van der Waals surface area (Å²) in [4.78, 5) is 22.2. The summed E-state index contributed by atoms with van der Waals surface area (Å²) in [6, 6.07) is 7.52. The van der Waals surface area contributed by atoms with Gasteiger partial charge in [-0.15, -0.1) is 0 Å². The van der Waals surface area contributed by atoms with Crippen LogP contribution in [0.2, 0.25) is 5.02 Å². The van der Waals surface area contributed by atoms with E-state index in [1.165, 1.54) is 6.92 Å². The molecule has 4 nitrogen and oxygen atoms in total. The smallest absolute Gasteiger partial charge is 0.220 e. The van der Waals surface area contributed by atoms with Crippen LogP contribution in [0, 0.1) is 0 Å². The van der Waals surface area contributed by atoms with Crippen molar-refractivity contribution >= 4 is 23.4 Å². The van der Waals surface area contributed by atoms with E-state index in [1.807, 2.05) is 24.3 Å². The highest BCUT2D eigenvalue weighted by Gasteiger charge is 2.04. The molecule has 5 heteroatoms. The van der Waals surface area contributed by atoms with Gasteiger partial charge in [0.25, 0.3) is 0 Å². The normalized spacial score (nSPS) is 10.0. The van der Waals surface area contributed by atoms with E-state index in [0.29, 0.717) is 31.0 Å². The van der Waals surface area contributed by atoms with E-state index >= 15 is 0 Å². The molecule has 0 saturated heterocycles. The molecule has 1 aromatic carbocycles. The van der Waals surface area contributed by atoms with Crippen LogP contribution in [0.1, 0.15) is 25.3 Å². The third-order valence-corrected chi connectivity index (χ3v) is 3.00. The minimum absolute atomic E-state index is 0.00254. The maximum absolute atomic E-state index is 11.6. The molecule has 0 aliphatic heterocycles. The van der Waals surface area contributed by atoms with Gasteiger partial charge in [-0.05, 0) is 24.5 Å². The number of nitrogens with one attached hydrogen (secondary N) is 2. The molecule has 0 aliphatic rings. The minimum Gasteiger partial charge on any atom is -0.356 e. The summed E-state index contributed by atoms with van der Waals surface area (Å²) >= 11 is 6.01. The van der Waals surface area contributed by atoms with Crippen LogP contribution in [0.25, 0.3) is 0 Å². The molecule has 0 atom stereocenters. The van der Waals surface area contributed by atoms with Crippen molar-refractivity contribution in [3.8, 4) is 0 Å². The largest absolute Gasteiger partial charge is 0.356 e. The molecule has 0 fully saturated rings. The van der Waals surface area contributed by atoms with Gasteiger partial charge in [0.15, 0.2) is 0 Å². The highest BCUT2D eigenvalue weighted by Crippen LogP contribution is 2.16. The number of rotatable bonds is 7. The lowest BCUT2D eigenvalue weighted by molar-refractivity contribution is -0.121. The van der Waals surface area contributed by atoms with Crippen LogP contribution in [-0.2, 0) is 16.0 Å². The van der Waals surface area contributed by atoms with Crippen molar-refractivity contribution in [2.45, 2.75) is 26.2 Å². The number of hydrogen-bond acceptors (Lipinski definition) is 2. The van der Waals surface area contributed by atoms with Crippen molar-refractivity contribution in [2.24, 2.45) is 0 Å². The zero-order chi connectivity index (χ0) is 14.1. The average Bonchev–Trinajstić information content (AvgIpc) is 2.37. The van der Waals surface area contributed by atoms with E-state index in [-0.39, 0.29) is 11.8 Å².